The summed E-state index contributed by atoms with van der Waals surface area (Å²) in [5.74, 6) is -8.16. The van der Waals surface area contributed by atoms with Gasteiger partial charge in [-0.2, -0.15) is 22.5 Å². The zero-order valence-corrected chi connectivity index (χ0v) is 12.8. The highest BCUT2D eigenvalue weighted by atomic mass is 19.2. The van der Waals surface area contributed by atoms with Crippen molar-refractivity contribution in [3.8, 4) is 0 Å². The van der Waals surface area contributed by atoms with Gasteiger partial charge in [0.05, 0.1) is 6.61 Å². The fraction of sp³-hybridized carbons (Fsp3) is 0.462. The molecule has 0 aliphatic heterocycles. The smallest absolute Gasteiger partial charge is 0.328 e. The predicted octanol–water partition coefficient (Wildman–Crippen LogP) is 1.04. The molecule has 0 saturated heterocycles. The maximum Gasteiger partial charge on any atom is 0.328 e. The van der Waals surface area contributed by atoms with E-state index in [9.17, 15) is 22.4 Å². The number of esters is 1. The average molecular weight is 351 g/mol. The molecule has 0 spiro atoms. The molecule has 1 aromatic heterocycles. The van der Waals surface area contributed by atoms with E-state index in [1.54, 1.807) is 0 Å². The summed E-state index contributed by atoms with van der Waals surface area (Å²) in [4.78, 5) is 18.0. The third-order valence-electron chi connectivity index (χ3n) is 2.83. The lowest BCUT2D eigenvalue weighted by Gasteiger charge is -2.19. The summed E-state index contributed by atoms with van der Waals surface area (Å²) in [5.41, 5.74) is 9.15. The minimum atomic E-state index is -1.83. The Morgan fingerprint density at radius 2 is 1.83 bits per heavy atom. The van der Waals surface area contributed by atoms with Crippen LogP contribution in [0.4, 0.5) is 23.2 Å². The van der Waals surface area contributed by atoms with E-state index in [-0.39, 0.29) is 32.0 Å². The average Bonchev–Trinajstić information content (AvgIpc) is 2.51. The molecular formula is C13H17F4N5O2. The van der Waals surface area contributed by atoms with Gasteiger partial charge in [0.25, 0.3) is 11.9 Å². The number of hydrogen-bond acceptors (Lipinski definition) is 5. The van der Waals surface area contributed by atoms with Gasteiger partial charge >= 0.3 is 5.97 Å². The molecule has 7 nitrogen and oxygen atoms in total. The summed E-state index contributed by atoms with van der Waals surface area (Å²) in [6.45, 7) is 1.68. The van der Waals surface area contributed by atoms with Gasteiger partial charge in [-0.15, -0.1) is 0 Å². The molecule has 0 saturated carbocycles. The van der Waals surface area contributed by atoms with Crippen LogP contribution in [-0.2, 0) is 9.53 Å². The summed E-state index contributed by atoms with van der Waals surface area (Å²) in [6.07, 6.45) is 0.244. The first-order valence-electron chi connectivity index (χ1n) is 6.96. The molecule has 1 heterocycles. The largest absolute Gasteiger partial charge is 0.464 e. The Kier molecular flexibility index (Phi) is 7.21. The summed E-state index contributed by atoms with van der Waals surface area (Å²) in [7, 11) is 0. The van der Waals surface area contributed by atoms with Crippen molar-refractivity contribution >= 4 is 17.6 Å². The number of guanidine groups is 1. The van der Waals surface area contributed by atoms with E-state index in [1.807, 2.05) is 0 Å². The number of nitrogens with one attached hydrogen (secondary N) is 1. The number of pyridine rings is 1. The molecule has 0 aliphatic carbocycles. The Bertz CT molecular complexity index is 597. The van der Waals surface area contributed by atoms with Crippen LogP contribution in [0.5, 0.6) is 0 Å². The number of nitrogens with two attached hydrogens (primary N) is 2. The number of nitrogens with zero attached hydrogens (tertiary/aromatic N) is 2. The molecule has 0 amide bonds. The fourth-order valence-corrected chi connectivity index (χ4v) is 1.78. The normalized spacial score (nSPS) is 11.7. The second-order valence-electron chi connectivity index (χ2n) is 4.59. The van der Waals surface area contributed by atoms with Crippen LogP contribution in [0.2, 0.25) is 0 Å². The van der Waals surface area contributed by atoms with Crippen molar-refractivity contribution in [2.24, 2.45) is 16.5 Å². The Morgan fingerprint density at radius 3 is 2.33 bits per heavy atom. The highest BCUT2D eigenvalue weighted by Gasteiger charge is 2.26. The molecule has 0 fully saturated rings. The van der Waals surface area contributed by atoms with Crippen molar-refractivity contribution < 1.29 is 27.1 Å². The van der Waals surface area contributed by atoms with Crippen LogP contribution in [-0.4, -0.2) is 36.1 Å². The number of hydrogen-bond donors (Lipinski definition) is 3. The van der Waals surface area contributed by atoms with Crippen molar-refractivity contribution in [2.75, 3.05) is 18.5 Å². The van der Waals surface area contributed by atoms with Crippen molar-refractivity contribution in [1.82, 2.24) is 4.98 Å². The van der Waals surface area contributed by atoms with Crippen molar-refractivity contribution in [1.29, 1.82) is 0 Å². The van der Waals surface area contributed by atoms with Crippen molar-refractivity contribution in [3.05, 3.63) is 23.5 Å². The Labute approximate surface area is 135 Å². The van der Waals surface area contributed by atoms with Gasteiger partial charge in [-0.05, 0) is 19.8 Å². The van der Waals surface area contributed by atoms with Gasteiger partial charge in [0, 0.05) is 6.54 Å². The van der Waals surface area contributed by atoms with Crippen LogP contribution in [0.3, 0.4) is 0 Å². The molecule has 0 aliphatic rings. The number of aromatic nitrogens is 1. The van der Waals surface area contributed by atoms with Gasteiger partial charge in [0.1, 0.15) is 11.7 Å². The number of ether oxygens (including phenoxy) is 1. The molecule has 1 unspecified atom stereocenters. The molecule has 0 radical (unpaired) electrons. The van der Waals surface area contributed by atoms with E-state index in [1.165, 1.54) is 6.92 Å². The molecule has 0 bridgehead atoms. The standard InChI is InChI=1S/C13H17F4N5O2/c1-2-24-12(23)6(4-3-5-20-13(18)19)21-9-7(14)10(16)22-11(17)8(9)15/h6H,2-5H2,1H3,(H,21,22)(H4,18,19,20). The number of anilines is 1. The van der Waals surface area contributed by atoms with Crippen LogP contribution < -0.4 is 16.8 Å². The Balaban J connectivity index is 2.96. The zero-order chi connectivity index (χ0) is 18.3. The molecular weight excluding hydrogens is 334 g/mol. The van der Waals surface area contributed by atoms with Gasteiger partial charge < -0.3 is 21.5 Å². The first-order valence-corrected chi connectivity index (χ1v) is 6.96. The Morgan fingerprint density at radius 1 is 1.25 bits per heavy atom. The van der Waals surface area contributed by atoms with Gasteiger partial charge in [-0.3, -0.25) is 4.99 Å². The number of carbonyl (C=O) groups excluding carboxylic acids is 1. The van der Waals surface area contributed by atoms with E-state index >= 15 is 0 Å². The van der Waals surface area contributed by atoms with E-state index in [0.29, 0.717) is 0 Å². The van der Waals surface area contributed by atoms with E-state index < -0.39 is 41.2 Å². The number of aliphatic imine (C=N–C) groups is 1. The van der Waals surface area contributed by atoms with Gasteiger partial charge in [0.15, 0.2) is 5.96 Å². The summed E-state index contributed by atoms with van der Waals surface area (Å²) in [5, 5.41) is 2.11. The lowest BCUT2D eigenvalue weighted by molar-refractivity contribution is -0.144. The SMILES string of the molecule is CCOC(=O)C(CCCN=C(N)N)Nc1c(F)c(F)nc(F)c1F. The van der Waals surface area contributed by atoms with Crippen LogP contribution in [0.15, 0.2) is 4.99 Å². The first kappa shape index (κ1) is 19.5. The minimum Gasteiger partial charge on any atom is -0.464 e. The third kappa shape index (κ3) is 5.25. The van der Waals surface area contributed by atoms with Crippen molar-refractivity contribution in [2.45, 2.75) is 25.8 Å². The topological polar surface area (TPSA) is 116 Å². The molecule has 134 valence electrons. The van der Waals surface area contributed by atoms with Gasteiger partial charge in [0.2, 0.25) is 11.6 Å². The zero-order valence-electron chi connectivity index (χ0n) is 12.8. The minimum absolute atomic E-state index is 0.0000539. The molecule has 24 heavy (non-hydrogen) atoms. The number of rotatable bonds is 8. The quantitative estimate of drug-likeness (QED) is 0.161. The molecule has 11 heteroatoms. The fourth-order valence-electron chi connectivity index (χ4n) is 1.78. The molecule has 1 atom stereocenters. The van der Waals surface area contributed by atoms with E-state index in [0.717, 1.165) is 0 Å². The second kappa shape index (κ2) is 8.89. The monoisotopic (exact) mass is 351 g/mol. The second-order valence-corrected chi connectivity index (χ2v) is 4.59. The van der Waals surface area contributed by atoms with Crippen LogP contribution in [0.25, 0.3) is 0 Å². The lowest BCUT2D eigenvalue weighted by atomic mass is 10.1. The number of halogens is 4. The van der Waals surface area contributed by atoms with Gasteiger partial charge in [-0.25, -0.2) is 4.79 Å². The maximum absolute atomic E-state index is 13.6. The molecule has 0 aromatic carbocycles. The Hall–Kier alpha value is -2.59. The van der Waals surface area contributed by atoms with E-state index in [2.05, 4.69) is 15.3 Å². The first-order chi connectivity index (χ1) is 11.3. The van der Waals surface area contributed by atoms with Crippen LogP contribution in [0.1, 0.15) is 19.8 Å². The van der Waals surface area contributed by atoms with Crippen LogP contribution in [0, 0.1) is 23.5 Å². The third-order valence-corrected chi connectivity index (χ3v) is 2.83. The van der Waals surface area contributed by atoms with Crippen molar-refractivity contribution in [3.63, 3.8) is 0 Å². The summed E-state index contributed by atoms with van der Waals surface area (Å²) < 4.78 is 58.3. The maximum atomic E-state index is 13.6. The predicted molar refractivity (Wildman–Crippen MR) is 78.0 cm³/mol. The molecule has 1 aromatic rings. The van der Waals surface area contributed by atoms with Crippen LogP contribution >= 0.6 is 0 Å². The molecule has 1 rings (SSSR count). The highest BCUT2D eigenvalue weighted by Crippen LogP contribution is 2.23. The highest BCUT2D eigenvalue weighted by molar-refractivity contribution is 5.79. The molecule has 5 N–H and O–H groups in total. The van der Waals surface area contributed by atoms with Gasteiger partial charge in [-0.1, -0.05) is 0 Å². The summed E-state index contributed by atoms with van der Waals surface area (Å²) >= 11 is 0. The number of carbonyl (C=O) groups is 1. The lowest BCUT2D eigenvalue weighted by Crippen LogP contribution is -2.33. The van der Waals surface area contributed by atoms with E-state index in [4.69, 9.17) is 16.2 Å². The summed E-state index contributed by atoms with van der Waals surface area (Å²) in [6, 6.07) is -1.26.